The van der Waals surface area contributed by atoms with Crippen molar-refractivity contribution in [3.63, 3.8) is 0 Å². The summed E-state index contributed by atoms with van der Waals surface area (Å²) in [7, 11) is 1.75. The molecule has 0 N–H and O–H groups in total. The first kappa shape index (κ1) is 7.16. The maximum absolute atomic E-state index is 11.5. The number of rotatable bonds is 0. The molecule has 0 radical (unpaired) electrons. The van der Waals surface area contributed by atoms with Crippen LogP contribution in [-0.2, 0) is 7.05 Å². The Kier molecular flexibility index (Phi) is 1.33. The molecular weight excluding hydrogens is 152 g/mol. The summed E-state index contributed by atoms with van der Waals surface area (Å²) in [6, 6.07) is 1.89. The predicted octanol–water partition coefficient (Wildman–Crippen LogP) is 0.946. The summed E-state index contributed by atoms with van der Waals surface area (Å²) in [4.78, 5) is 11.5. The summed E-state index contributed by atoms with van der Waals surface area (Å²) in [5.41, 5.74) is 1.89. The summed E-state index contributed by atoms with van der Waals surface area (Å²) in [5.74, 6) is 0. The van der Waals surface area contributed by atoms with Crippen molar-refractivity contribution in [1.82, 2.24) is 8.97 Å². The van der Waals surface area contributed by atoms with Crippen LogP contribution in [0.5, 0.6) is 0 Å². The van der Waals surface area contributed by atoms with Crippen LogP contribution < -0.4 is 5.56 Å². The Bertz CT molecular complexity index is 479. The van der Waals surface area contributed by atoms with Gasteiger partial charge < -0.3 is 8.97 Å². The number of hydrogen-bond donors (Lipinski definition) is 0. The van der Waals surface area contributed by atoms with Crippen LogP contribution in [0.2, 0.25) is 0 Å². The molecule has 0 saturated heterocycles. The summed E-state index contributed by atoms with van der Waals surface area (Å²) < 4.78 is 3.42. The molecule has 0 amide bonds. The zero-order valence-corrected chi connectivity index (χ0v) is 7.11. The molecule has 0 bridgehead atoms. The lowest BCUT2D eigenvalue weighted by atomic mass is 10.4. The second-order valence-electron chi connectivity index (χ2n) is 3.02. The van der Waals surface area contributed by atoms with Crippen LogP contribution in [0.4, 0.5) is 0 Å². The SMILES string of the molecule is Cc1cc2c(=O)n(C)ccn2c1. The highest BCUT2D eigenvalue weighted by Gasteiger charge is 1.99. The third kappa shape index (κ3) is 0.863. The van der Waals surface area contributed by atoms with E-state index in [1.165, 1.54) is 0 Å². The second kappa shape index (κ2) is 2.24. The normalized spacial score (nSPS) is 10.8. The third-order valence-electron chi connectivity index (χ3n) is 1.98. The van der Waals surface area contributed by atoms with Crippen molar-refractivity contribution < 1.29 is 0 Å². The number of aryl methyl sites for hydroxylation is 2. The quantitative estimate of drug-likeness (QED) is 0.566. The fraction of sp³-hybridized carbons (Fsp3) is 0.222. The first-order valence-electron chi connectivity index (χ1n) is 3.82. The van der Waals surface area contributed by atoms with Gasteiger partial charge in [-0.15, -0.1) is 0 Å². The molecule has 2 heterocycles. The van der Waals surface area contributed by atoms with Gasteiger partial charge in [-0.05, 0) is 18.6 Å². The molecule has 0 atom stereocenters. The van der Waals surface area contributed by atoms with E-state index in [9.17, 15) is 4.79 Å². The molecule has 0 aromatic carbocycles. The zero-order chi connectivity index (χ0) is 8.72. The van der Waals surface area contributed by atoms with Gasteiger partial charge in [-0.1, -0.05) is 0 Å². The van der Waals surface area contributed by atoms with Gasteiger partial charge in [-0.2, -0.15) is 0 Å². The third-order valence-corrected chi connectivity index (χ3v) is 1.98. The highest BCUT2D eigenvalue weighted by Crippen LogP contribution is 2.03. The number of hydrogen-bond acceptors (Lipinski definition) is 1. The smallest absolute Gasteiger partial charge is 0.274 e. The molecule has 0 aliphatic heterocycles. The molecule has 0 fully saturated rings. The van der Waals surface area contributed by atoms with Gasteiger partial charge in [0.1, 0.15) is 5.52 Å². The van der Waals surface area contributed by atoms with E-state index in [4.69, 9.17) is 0 Å². The molecule has 0 saturated carbocycles. The van der Waals surface area contributed by atoms with Gasteiger partial charge in [0.15, 0.2) is 0 Å². The van der Waals surface area contributed by atoms with Gasteiger partial charge in [0, 0.05) is 25.6 Å². The molecule has 62 valence electrons. The molecule has 0 spiro atoms. The molecule has 12 heavy (non-hydrogen) atoms. The monoisotopic (exact) mass is 162 g/mol. The minimum absolute atomic E-state index is 0.0469. The Morgan fingerprint density at radius 2 is 2.08 bits per heavy atom. The summed E-state index contributed by atoms with van der Waals surface area (Å²) >= 11 is 0. The van der Waals surface area contributed by atoms with Crippen LogP contribution in [0, 0.1) is 6.92 Å². The minimum Gasteiger partial charge on any atom is -0.317 e. The fourth-order valence-electron chi connectivity index (χ4n) is 1.33. The van der Waals surface area contributed by atoms with Crippen LogP contribution >= 0.6 is 0 Å². The number of fused-ring (bicyclic) bond motifs is 1. The molecule has 2 rings (SSSR count). The van der Waals surface area contributed by atoms with Crippen molar-refractivity contribution in [1.29, 1.82) is 0 Å². The van der Waals surface area contributed by atoms with Gasteiger partial charge >= 0.3 is 0 Å². The highest BCUT2D eigenvalue weighted by molar-refractivity contribution is 5.47. The Balaban J connectivity index is 2.99. The van der Waals surface area contributed by atoms with Crippen LogP contribution in [-0.4, -0.2) is 8.97 Å². The Morgan fingerprint density at radius 1 is 1.33 bits per heavy atom. The van der Waals surface area contributed by atoms with Crippen LogP contribution in [0.15, 0.2) is 29.5 Å². The lowest BCUT2D eigenvalue weighted by Crippen LogP contribution is -2.17. The van der Waals surface area contributed by atoms with Crippen molar-refractivity contribution in [3.05, 3.63) is 40.6 Å². The topological polar surface area (TPSA) is 26.4 Å². The predicted molar refractivity (Wildman–Crippen MR) is 47.4 cm³/mol. The van der Waals surface area contributed by atoms with Gasteiger partial charge in [-0.3, -0.25) is 4.79 Å². The van der Waals surface area contributed by atoms with E-state index in [2.05, 4.69) is 0 Å². The molecule has 2 aromatic heterocycles. The van der Waals surface area contributed by atoms with E-state index in [0.29, 0.717) is 0 Å². The van der Waals surface area contributed by atoms with Crippen molar-refractivity contribution in [2.24, 2.45) is 7.05 Å². The summed E-state index contributed by atoms with van der Waals surface area (Å²) in [5, 5.41) is 0. The molecule has 0 aliphatic rings. The Morgan fingerprint density at radius 3 is 2.83 bits per heavy atom. The minimum atomic E-state index is 0.0469. The van der Waals surface area contributed by atoms with Crippen molar-refractivity contribution in [3.8, 4) is 0 Å². The van der Waals surface area contributed by atoms with Crippen LogP contribution in [0.1, 0.15) is 5.56 Å². The van der Waals surface area contributed by atoms with Crippen molar-refractivity contribution in [2.75, 3.05) is 0 Å². The molecule has 3 heteroatoms. The van der Waals surface area contributed by atoms with E-state index in [-0.39, 0.29) is 5.56 Å². The fourth-order valence-corrected chi connectivity index (χ4v) is 1.33. The highest BCUT2D eigenvalue weighted by atomic mass is 16.1. The van der Waals surface area contributed by atoms with Gasteiger partial charge in [0.25, 0.3) is 5.56 Å². The number of aromatic nitrogens is 2. The Hall–Kier alpha value is -1.51. The van der Waals surface area contributed by atoms with E-state index < -0.39 is 0 Å². The van der Waals surface area contributed by atoms with Gasteiger partial charge in [-0.25, -0.2) is 0 Å². The van der Waals surface area contributed by atoms with E-state index in [0.717, 1.165) is 11.1 Å². The summed E-state index contributed by atoms with van der Waals surface area (Å²) in [6.07, 6.45) is 5.58. The van der Waals surface area contributed by atoms with Crippen LogP contribution in [0.25, 0.3) is 5.52 Å². The molecular formula is C9H10N2O. The maximum atomic E-state index is 11.5. The van der Waals surface area contributed by atoms with Gasteiger partial charge in [0.2, 0.25) is 0 Å². The van der Waals surface area contributed by atoms with Gasteiger partial charge in [0.05, 0.1) is 0 Å². The molecule has 0 unspecified atom stereocenters. The first-order chi connectivity index (χ1) is 5.68. The lowest BCUT2D eigenvalue weighted by molar-refractivity contribution is 0.846. The van der Waals surface area contributed by atoms with E-state index in [1.54, 1.807) is 17.8 Å². The largest absolute Gasteiger partial charge is 0.317 e. The van der Waals surface area contributed by atoms with Crippen LogP contribution in [0.3, 0.4) is 0 Å². The first-order valence-corrected chi connectivity index (χ1v) is 3.82. The van der Waals surface area contributed by atoms with E-state index >= 15 is 0 Å². The molecule has 0 aliphatic carbocycles. The second-order valence-corrected chi connectivity index (χ2v) is 3.02. The average molecular weight is 162 g/mol. The number of nitrogens with zero attached hydrogens (tertiary/aromatic N) is 2. The molecule has 2 aromatic rings. The van der Waals surface area contributed by atoms with Crippen molar-refractivity contribution in [2.45, 2.75) is 6.92 Å². The zero-order valence-electron chi connectivity index (χ0n) is 7.11. The Labute approximate surface area is 69.9 Å². The average Bonchev–Trinajstić information content (AvgIpc) is 2.39. The van der Waals surface area contributed by atoms with Crippen molar-refractivity contribution >= 4 is 5.52 Å². The molecule has 3 nitrogen and oxygen atoms in total. The lowest BCUT2D eigenvalue weighted by Gasteiger charge is -1.96. The summed E-state index contributed by atoms with van der Waals surface area (Å²) in [6.45, 7) is 1.98. The maximum Gasteiger partial charge on any atom is 0.274 e. The van der Waals surface area contributed by atoms with E-state index in [1.807, 2.05) is 29.8 Å². The standard InChI is InChI=1S/C9H10N2O/c1-7-5-8-9(12)10(2)3-4-11(8)6-7/h3-6H,1-2H3.